The van der Waals surface area contributed by atoms with Gasteiger partial charge in [0.2, 0.25) is 6.29 Å². The summed E-state index contributed by atoms with van der Waals surface area (Å²) in [6, 6.07) is 17.5. The van der Waals surface area contributed by atoms with Gasteiger partial charge in [-0.2, -0.15) is 10.1 Å². The fourth-order valence-electron chi connectivity index (χ4n) is 3.06. The molecule has 1 unspecified atom stereocenters. The molecule has 1 aliphatic rings. The van der Waals surface area contributed by atoms with E-state index in [-0.39, 0.29) is 12.0 Å². The number of hydrogen-bond acceptors (Lipinski definition) is 6. The van der Waals surface area contributed by atoms with E-state index in [1.807, 2.05) is 54.6 Å². The molecular formula is C21H15ClN4O3. The van der Waals surface area contributed by atoms with Crippen LogP contribution in [0.2, 0.25) is 5.02 Å². The number of hydrogen-bond donors (Lipinski definition) is 1. The molecule has 0 bridgehead atoms. The first-order chi connectivity index (χ1) is 14.3. The fourth-order valence-corrected chi connectivity index (χ4v) is 3.29. The van der Waals surface area contributed by atoms with E-state index >= 15 is 0 Å². The van der Waals surface area contributed by atoms with Crippen molar-refractivity contribution in [3.05, 3.63) is 83.6 Å². The van der Waals surface area contributed by atoms with Crippen LogP contribution in [-0.4, -0.2) is 26.5 Å². The Labute approximate surface area is 170 Å². The molecule has 1 atom stereocenters. The van der Waals surface area contributed by atoms with E-state index in [0.717, 1.165) is 22.2 Å². The molecule has 1 aliphatic heterocycles. The Morgan fingerprint density at radius 3 is 2.76 bits per heavy atom. The molecule has 2 aromatic carbocycles. The molecule has 0 radical (unpaired) electrons. The van der Waals surface area contributed by atoms with Gasteiger partial charge in [-0.1, -0.05) is 60.1 Å². The average molecular weight is 407 g/mol. The number of aromatic nitrogens is 4. The van der Waals surface area contributed by atoms with E-state index in [0.29, 0.717) is 17.1 Å². The van der Waals surface area contributed by atoms with Crippen LogP contribution in [-0.2, 0) is 15.9 Å². The van der Waals surface area contributed by atoms with Crippen molar-refractivity contribution in [3.8, 4) is 17.3 Å². The topological polar surface area (TPSA) is 82.2 Å². The Kier molecular flexibility index (Phi) is 4.50. The van der Waals surface area contributed by atoms with Crippen molar-refractivity contribution in [2.24, 2.45) is 0 Å². The van der Waals surface area contributed by atoms with Crippen LogP contribution in [0.4, 0.5) is 0 Å². The molecule has 0 spiro atoms. The van der Waals surface area contributed by atoms with Gasteiger partial charge in [-0.05, 0) is 11.6 Å². The number of fused-ring (bicyclic) bond motifs is 1. The minimum Gasteiger partial charge on any atom is -0.455 e. The molecule has 8 heteroatoms. The number of benzene rings is 2. The summed E-state index contributed by atoms with van der Waals surface area (Å²) in [5.41, 5.74) is 3.14. The van der Waals surface area contributed by atoms with Gasteiger partial charge < -0.3 is 14.2 Å². The molecular weight excluding hydrogens is 392 g/mol. The normalized spacial score (nSPS) is 15.6. The highest BCUT2D eigenvalue weighted by molar-refractivity contribution is 6.33. The highest BCUT2D eigenvalue weighted by Crippen LogP contribution is 2.31. The van der Waals surface area contributed by atoms with Crippen LogP contribution in [0.3, 0.4) is 0 Å². The predicted octanol–water partition coefficient (Wildman–Crippen LogP) is 4.47. The lowest BCUT2D eigenvalue weighted by Crippen LogP contribution is -2.13. The first kappa shape index (κ1) is 17.5. The van der Waals surface area contributed by atoms with Gasteiger partial charge in [0.05, 0.1) is 11.1 Å². The second-order valence-corrected chi connectivity index (χ2v) is 6.79. The third-order valence-electron chi connectivity index (χ3n) is 4.43. The molecule has 0 saturated heterocycles. The van der Waals surface area contributed by atoms with Crippen molar-refractivity contribution in [1.82, 2.24) is 20.2 Å². The summed E-state index contributed by atoms with van der Waals surface area (Å²) in [4.78, 5) is 8.58. The molecule has 0 amide bonds. The van der Waals surface area contributed by atoms with Crippen LogP contribution in [0.1, 0.15) is 5.56 Å². The summed E-state index contributed by atoms with van der Waals surface area (Å²) in [6.07, 6.45) is 3.21. The Bertz CT molecular complexity index is 1190. The van der Waals surface area contributed by atoms with E-state index in [9.17, 15) is 0 Å². The summed E-state index contributed by atoms with van der Waals surface area (Å²) in [5.74, 6) is 0.201. The monoisotopic (exact) mass is 406 g/mol. The number of H-pyrrole nitrogens is 1. The lowest BCUT2D eigenvalue weighted by Gasteiger charge is -2.11. The summed E-state index contributed by atoms with van der Waals surface area (Å²) in [6.45, 7) is 0. The van der Waals surface area contributed by atoms with Crippen molar-refractivity contribution in [2.45, 2.75) is 12.7 Å². The van der Waals surface area contributed by atoms with Crippen LogP contribution in [0.25, 0.3) is 22.3 Å². The van der Waals surface area contributed by atoms with Gasteiger partial charge in [0, 0.05) is 23.2 Å². The van der Waals surface area contributed by atoms with Crippen molar-refractivity contribution < 1.29 is 14.2 Å². The molecule has 5 rings (SSSR count). The number of aromatic amines is 1. The summed E-state index contributed by atoms with van der Waals surface area (Å²) < 4.78 is 16.8. The third-order valence-corrected chi connectivity index (χ3v) is 4.76. The van der Waals surface area contributed by atoms with Crippen molar-refractivity contribution in [3.63, 3.8) is 0 Å². The molecule has 0 aliphatic carbocycles. The van der Waals surface area contributed by atoms with Crippen LogP contribution in [0.15, 0.2) is 73.0 Å². The minimum absolute atomic E-state index is 0.116. The molecule has 0 fully saturated rings. The Balaban J connectivity index is 1.30. The maximum absolute atomic E-state index is 6.28. The zero-order chi connectivity index (χ0) is 19.6. The minimum atomic E-state index is -0.451. The average Bonchev–Trinajstić information content (AvgIpc) is 3.36. The number of ether oxygens (including phenoxy) is 3. The van der Waals surface area contributed by atoms with Crippen LogP contribution >= 0.6 is 11.6 Å². The molecule has 0 saturated carbocycles. The van der Waals surface area contributed by atoms with Gasteiger partial charge in [0.25, 0.3) is 0 Å². The second-order valence-electron chi connectivity index (χ2n) is 6.38. The maximum Gasteiger partial charge on any atom is 0.326 e. The van der Waals surface area contributed by atoms with Gasteiger partial charge in [0.1, 0.15) is 0 Å². The van der Waals surface area contributed by atoms with E-state index in [1.54, 1.807) is 6.20 Å². The number of nitrogens with one attached hydrogen (secondary N) is 1. The second kappa shape index (κ2) is 7.44. The van der Waals surface area contributed by atoms with Crippen LogP contribution in [0, 0.1) is 0 Å². The number of nitrogens with zero attached hydrogens (tertiary/aromatic N) is 3. The standard InChI is InChI=1S/C21H15ClN4O3/c22-16-9-5-4-8-14(16)19-15-11-23-21(24-20(15)26-25-19)29-18-12-27-17(28-18)10-13-6-2-1-3-7-13/h1-9,11-12,17H,10H2,(H,23,24,25,26). The molecule has 3 heterocycles. The van der Waals surface area contributed by atoms with Crippen molar-refractivity contribution in [1.29, 1.82) is 0 Å². The largest absolute Gasteiger partial charge is 0.455 e. The molecule has 1 N–H and O–H groups in total. The first-order valence-corrected chi connectivity index (χ1v) is 9.34. The highest BCUT2D eigenvalue weighted by atomic mass is 35.5. The lowest BCUT2D eigenvalue weighted by molar-refractivity contribution is -0.0529. The van der Waals surface area contributed by atoms with Crippen LogP contribution in [0.5, 0.6) is 6.01 Å². The Morgan fingerprint density at radius 1 is 1.07 bits per heavy atom. The van der Waals surface area contributed by atoms with E-state index in [2.05, 4.69) is 20.2 Å². The van der Waals surface area contributed by atoms with Gasteiger partial charge >= 0.3 is 12.0 Å². The van der Waals surface area contributed by atoms with Gasteiger partial charge in [-0.25, -0.2) is 4.98 Å². The van der Waals surface area contributed by atoms with Gasteiger partial charge in [-0.3, -0.25) is 5.10 Å². The Morgan fingerprint density at radius 2 is 1.90 bits per heavy atom. The van der Waals surface area contributed by atoms with Crippen molar-refractivity contribution >= 4 is 22.6 Å². The lowest BCUT2D eigenvalue weighted by atomic mass is 10.1. The molecule has 144 valence electrons. The zero-order valence-corrected chi connectivity index (χ0v) is 15.8. The van der Waals surface area contributed by atoms with E-state index < -0.39 is 6.29 Å². The zero-order valence-electron chi connectivity index (χ0n) is 15.1. The molecule has 7 nitrogen and oxygen atoms in total. The molecule has 2 aromatic heterocycles. The van der Waals surface area contributed by atoms with Crippen LogP contribution < -0.4 is 4.74 Å². The number of halogens is 1. The first-order valence-electron chi connectivity index (χ1n) is 8.96. The quantitative estimate of drug-likeness (QED) is 0.526. The van der Waals surface area contributed by atoms with E-state index in [1.165, 1.54) is 6.26 Å². The van der Waals surface area contributed by atoms with Crippen molar-refractivity contribution in [2.75, 3.05) is 0 Å². The smallest absolute Gasteiger partial charge is 0.326 e. The SMILES string of the molecule is Clc1ccccc1-c1[nH]nc2nc(OC3=COC(Cc4ccccc4)O3)ncc12. The Hall–Kier alpha value is -3.58. The van der Waals surface area contributed by atoms with Gasteiger partial charge in [-0.15, -0.1) is 0 Å². The molecule has 4 aromatic rings. The summed E-state index contributed by atoms with van der Waals surface area (Å²) in [7, 11) is 0. The molecule has 29 heavy (non-hydrogen) atoms. The van der Waals surface area contributed by atoms with Gasteiger partial charge in [0.15, 0.2) is 11.9 Å². The highest BCUT2D eigenvalue weighted by Gasteiger charge is 2.23. The van der Waals surface area contributed by atoms with E-state index in [4.69, 9.17) is 25.8 Å². The third kappa shape index (κ3) is 3.60. The summed E-state index contributed by atoms with van der Waals surface area (Å²) in [5, 5.41) is 8.55. The number of rotatable bonds is 5. The fraction of sp³-hybridized carbons (Fsp3) is 0.0952. The maximum atomic E-state index is 6.28. The predicted molar refractivity (Wildman–Crippen MR) is 107 cm³/mol. The summed E-state index contributed by atoms with van der Waals surface area (Å²) >= 11 is 6.28.